The summed E-state index contributed by atoms with van der Waals surface area (Å²) in [4.78, 5) is 23.0. The summed E-state index contributed by atoms with van der Waals surface area (Å²) < 4.78 is 0. The summed E-state index contributed by atoms with van der Waals surface area (Å²) in [5.74, 6) is 1.22. The van der Waals surface area contributed by atoms with Gasteiger partial charge in [-0.15, -0.1) is 0 Å². The minimum absolute atomic E-state index is 0.0115. The Morgan fingerprint density at radius 1 is 0.811 bits per heavy atom. The molecule has 10 heteroatoms. The van der Waals surface area contributed by atoms with Gasteiger partial charge in [-0.1, -0.05) is 48.9 Å². The molecule has 200 valence electrons. The first-order valence-electron chi connectivity index (χ1n) is 13.2. The van der Waals surface area contributed by atoms with Crippen molar-refractivity contribution in [3.63, 3.8) is 0 Å². The molecule has 8 nitrogen and oxygen atoms in total. The predicted octanol–water partition coefficient (Wildman–Crippen LogP) is 7.85. The van der Waals surface area contributed by atoms with Gasteiger partial charge in [-0.05, 0) is 68.1 Å². The van der Waals surface area contributed by atoms with Gasteiger partial charge >= 0.3 is 0 Å². The van der Waals surface area contributed by atoms with Crippen molar-refractivity contribution in [3.05, 3.63) is 72.2 Å². The van der Waals surface area contributed by atoms with Gasteiger partial charge in [-0.25, -0.2) is 0 Å². The van der Waals surface area contributed by atoms with E-state index < -0.39 is 9.85 Å². The number of fused-ring (bicyclic) bond motifs is 1. The molecule has 2 saturated carbocycles. The van der Waals surface area contributed by atoms with Gasteiger partial charge in [0.15, 0.2) is 0 Å². The number of hydrogen-bond acceptors (Lipinski definition) is 6. The summed E-state index contributed by atoms with van der Waals surface area (Å²) in [6.45, 7) is 1.01. The quantitative estimate of drug-likeness (QED) is 0.300. The normalized spacial score (nSPS) is 22.5. The molecule has 1 aliphatic heterocycles. The fraction of sp³-hybridized carbons (Fsp3) is 0.556. The van der Waals surface area contributed by atoms with E-state index in [9.17, 15) is 20.2 Å². The number of benzene rings is 2. The third-order valence-electron chi connectivity index (χ3n) is 8.16. The van der Waals surface area contributed by atoms with Gasteiger partial charge in [-0.3, -0.25) is 20.2 Å². The highest BCUT2D eigenvalue weighted by Crippen LogP contribution is 2.41. The maximum absolute atomic E-state index is 10.8. The van der Waals surface area contributed by atoms with Crippen LogP contribution in [-0.4, -0.2) is 22.4 Å². The van der Waals surface area contributed by atoms with Gasteiger partial charge < -0.3 is 10.6 Å². The number of nitro benzene ring substituents is 2. The van der Waals surface area contributed by atoms with Crippen LogP contribution < -0.4 is 10.6 Å². The first kappa shape index (κ1) is 27.6. The second-order valence-corrected chi connectivity index (χ2v) is 11.2. The van der Waals surface area contributed by atoms with Crippen molar-refractivity contribution in [2.75, 3.05) is 11.4 Å². The zero-order chi connectivity index (χ0) is 26.5. The molecule has 2 N–H and O–H groups in total. The summed E-state index contributed by atoms with van der Waals surface area (Å²) in [7, 11) is 0. The van der Waals surface area contributed by atoms with E-state index in [1.165, 1.54) is 69.6 Å². The number of hydrogen-bond donors (Lipinski definition) is 1. The van der Waals surface area contributed by atoms with Gasteiger partial charge in [0.1, 0.15) is 0 Å². The minimum Gasteiger partial charge on any atom is -0.367 e. The van der Waals surface area contributed by atoms with Gasteiger partial charge in [0.2, 0.25) is 0 Å². The summed E-state index contributed by atoms with van der Waals surface area (Å²) in [6.07, 6.45) is 12.3. The zero-order valence-electron chi connectivity index (χ0n) is 20.9. The van der Waals surface area contributed by atoms with Gasteiger partial charge in [0.25, 0.3) is 11.4 Å². The summed E-state index contributed by atoms with van der Waals surface area (Å²) in [5, 5.41) is 22.3. The molecule has 1 saturated heterocycles. The van der Waals surface area contributed by atoms with Crippen molar-refractivity contribution in [1.82, 2.24) is 0 Å². The van der Waals surface area contributed by atoms with E-state index >= 15 is 0 Å². The van der Waals surface area contributed by atoms with Crippen molar-refractivity contribution < 1.29 is 9.85 Å². The maximum Gasteiger partial charge on any atom is 0.271 e. The third kappa shape index (κ3) is 6.54. The fourth-order valence-electron chi connectivity index (χ4n) is 6.24. The summed E-state index contributed by atoms with van der Waals surface area (Å²) in [5.41, 5.74) is 8.04. The Kier molecular flexibility index (Phi) is 9.27. The van der Waals surface area contributed by atoms with E-state index in [1.54, 1.807) is 12.1 Å². The number of rotatable bonds is 5. The predicted molar refractivity (Wildman–Crippen MR) is 147 cm³/mol. The number of piperidine rings is 1. The molecule has 2 aromatic rings. The Hall–Kier alpha value is -2.42. The van der Waals surface area contributed by atoms with Crippen LogP contribution in [0, 0.1) is 32.1 Å². The van der Waals surface area contributed by atoms with Gasteiger partial charge in [0.05, 0.1) is 25.6 Å². The molecule has 0 bridgehead atoms. The molecular formula is C27H34Cl2N4O4. The maximum atomic E-state index is 10.8. The molecule has 3 unspecified atom stereocenters. The number of nitrogens with zero attached hydrogens (tertiary/aromatic N) is 3. The molecule has 0 spiro atoms. The largest absolute Gasteiger partial charge is 0.367 e. The average Bonchev–Trinajstić information content (AvgIpc) is 3.43. The Morgan fingerprint density at radius 3 is 2.00 bits per heavy atom. The Bertz CT molecular complexity index is 1120. The van der Waals surface area contributed by atoms with Crippen LogP contribution in [0.5, 0.6) is 0 Å². The van der Waals surface area contributed by atoms with Crippen LogP contribution in [0.4, 0.5) is 17.1 Å². The van der Waals surface area contributed by atoms with Crippen LogP contribution in [0.2, 0.25) is 10.0 Å². The van der Waals surface area contributed by atoms with E-state index in [0.717, 1.165) is 36.6 Å². The lowest BCUT2D eigenvalue weighted by atomic mass is 9.78. The molecule has 3 fully saturated rings. The Labute approximate surface area is 227 Å². The second-order valence-electron chi connectivity index (χ2n) is 10.4. The van der Waals surface area contributed by atoms with Crippen molar-refractivity contribution in [2.45, 2.75) is 76.3 Å². The molecule has 0 amide bonds. The van der Waals surface area contributed by atoms with Crippen LogP contribution in [0.25, 0.3) is 0 Å². The molecule has 0 radical (unpaired) electrons. The summed E-state index contributed by atoms with van der Waals surface area (Å²) >= 11 is 12.4. The molecule has 1 heterocycles. The molecule has 3 atom stereocenters. The molecule has 5 rings (SSSR count). The van der Waals surface area contributed by atoms with E-state index in [0.29, 0.717) is 22.0 Å². The van der Waals surface area contributed by atoms with Crippen molar-refractivity contribution in [1.29, 1.82) is 0 Å². The van der Waals surface area contributed by atoms with E-state index in [2.05, 4.69) is 4.90 Å². The van der Waals surface area contributed by atoms with Crippen LogP contribution >= 0.6 is 23.2 Å². The second kappa shape index (κ2) is 12.4. The monoisotopic (exact) mass is 548 g/mol. The van der Waals surface area contributed by atoms with Gasteiger partial charge in [0, 0.05) is 42.9 Å². The standard InChI is InChI=1S/C15H19ClN2O2.C12H15ClN2O2/c16-13-10-12(18(19)20)7-8-15(13)17-9-3-5-11-4-1-2-6-14(11)17;13-11-7-9(15(16)17)5-6-10(11)12(14)8-3-1-2-4-8/h7-8,10-11,14H,1-6,9H2;5-8,12H,1-4,14H2. The smallest absolute Gasteiger partial charge is 0.271 e. The molecule has 2 aliphatic carbocycles. The van der Waals surface area contributed by atoms with Crippen LogP contribution in [-0.2, 0) is 0 Å². The van der Waals surface area contributed by atoms with E-state index in [1.807, 2.05) is 6.07 Å². The highest BCUT2D eigenvalue weighted by Gasteiger charge is 2.34. The van der Waals surface area contributed by atoms with E-state index in [4.69, 9.17) is 28.9 Å². The highest BCUT2D eigenvalue weighted by molar-refractivity contribution is 6.33. The molecule has 0 aromatic heterocycles. The third-order valence-corrected chi connectivity index (χ3v) is 8.79. The number of non-ortho nitro benzene ring substituents is 2. The highest BCUT2D eigenvalue weighted by atomic mass is 35.5. The number of nitro groups is 2. The molecule has 2 aromatic carbocycles. The lowest BCUT2D eigenvalue weighted by molar-refractivity contribution is -0.385. The first-order chi connectivity index (χ1) is 17.8. The molecule has 3 aliphatic rings. The van der Waals surface area contributed by atoms with Crippen molar-refractivity contribution >= 4 is 40.3 Å². The fourth-order valence-corrected chi connectivity index (χ4v) is 6.82. The molecule has 37 heavy (non-hydrogen) atoms. The number of anilines is 1. The topological polar surface area (TPSA) is 116 Å². The van der Waals surface area contributed by atoms with Crippen molar-refractivity contribution in [2.24, 2.45) is 17.6 Å². The lowest BCUT2D eigenvalue weighted by Crippen LogP contribution is -2.47. The first-order valence-corrected chi connectivity index (χ1v) is 13.9. The zero-order valence-corrected chi connectivity index (χ0v) is 22.4. The lowest BCUT2D eigenvalue weighted by Gasteiger charge is -2.45. The molecular weight excluding hydrogens is 515 g/mol. The number of halogens is 2. The SMILES string of the molecule is NC(c1ccc([N+](=O)[O-])cc1Cl)C1CCCC1.O=[N+]([O-])c1ccc(N2CCCC3CCCCC32)c(Cl)c1. The Balaban J connectivity index is 0.000000176. The van der Waals surface area contributed by atoms with E-state index in [-0.39, 0.29) is 17.4 Å². The van der Waals surface area contributed by atoms with Gasteiger partial charge in [-0.2, -0.15) is 0 Å². The number of nitrogens with two attached hydrogens (primary N) is 1. The van der Waals surface area contributed by atoms with Crippen molar-refractivity contribution in [3.8, 4) is 0 Å². The van der Waals surface area contributed by atoms with Crippen LogP contribution in [0.3, 0.4) is 0 Å². The minimum atomic E-state index is -0.448. The Morgan fingerprint density at radius 2 is 1.38 bits per heavy atom. The van der Waals surface area contributed by atoms with Crippen LogP contribution in [0.15, 0.2) is 36.4 Å². The average molecular weight is 549 g/mol. The summed E-state index contributed by atoms with van der Waals surface area (Å²) in [6, 6.07) is 9.85. The van der Waals surface area contributed by atoms with Crippen LogP contribution in [0.1, 0.15) is 75.8 Å².